The zero-order valence-electron chi connectivity index (χ0n) is 21.4. The summed E-state index contributed by atoms with van der Waals surface area (Å²) in [4.78, 5) is 33.2. The predicted octanol–water partition coefficient (Wildman–Crippen LogP) is 6.67. The van der Waals surface area contributed by atoms with E-state index in [0.717, 1.165) is 32.5 Å². The Kier molecular flexibility index (Phi) is 6.33. The van der Waals surface area contributed by atoms with Gasteiger partial charge in [0.1, 0.15) is 11.5 Å². The molecule has 1 saturated heterocycles. The lowest BCUT2D eigenvalue weighted by Crippen LogP contribution is -2.29. The molecule has 6 nitrogen and oxygen atoms in total. The van der Waals surface area contributed by atoms with Crippen LogP contribution in [0, 0.1) is 13.8 Å². The van der Waals surface area contributed by atoms with Crippen LogP contribution >= 0.6 is 11.3 Å². The Bertz CT molecular complexity index is 1550. The smallest absolute Gasteiger partial charge is 0.301 e. The number of rotatable bonds is 5. The van der Waals surface area contributed by atoms with E-state index in [1.165, 1.54) is 16.2 Å². The van der Waals surface area contributed by atoms with Crippen LogP contribution in [0.2, 0.25) is 0 Å². The second kappa shape index (κ2) is 9.48. The summed E-state index contributed by atoms with van der Waals surface area (Å²) in [6.07, 6.45) is 0. The number of methoxy groups -OCH3 is 1. The van der Waals surface area contributed by atoms with E-state index in [2.05, 4.69) is 13.8 Å². The Balaban J connectivity index is 1.71. The first kappa shape index (κ1) is 24.7. The van der Waals surface area contributed by atoms with Gasteiger partial charge >= 0.3 is 5.91 Å². The molecule has 0 unspecified atom stereocenters. The zero-order chi connectivity index (χ0) is 26.4. The molecule has 1 fully saturated rings. The van der Waals surface area contributed by atoms with Crippen molar-refractivity contribution in [1.29, 1.82) is 0 Å². The summed E-state index contributed by atoms with van der Waals surface area (Å²) in [6.45, 7) is 8.22. The number of aliphatic hydroxyl groups excluding tert-OH is 1. The lowest BCUT2D eigenvalue weighted by atomic mass is 9.93. The number of Topliss-reactive ketones (excluding diaryl/α,β-unsaturated/α-hetero) is 1. The molecule has 1 amide bonds. The Hall–Kier alpha value is -3.97. The van der Waals surface area contributed by atoms with Gasteiger partial charge in [0.15, 0.2) is 5.13 Å². The minimum absolute atomic E-state index is 0.0413. The molecule has 37 heavy (non-hydrogen) atoms. The van der Waals surface area contributed by atoms with Crippen LogP contribution in [-0.4, -0.2) is 28.9 Å². The maximum Gasteiger partial charge on any atom is 0.301 e. The second-order valence-corrected chi connectivity index (χ2v) is 10.7. The molecule has 5 rings (SSSR count). The molecule has 0 radical (unpaired) electrons. The van der Waals surface area contributed by atoms with E-state index in [1.807, 2.05) is 50.2 Å². The Labute approximate surface area is 219 Å². The van der Waals surface area contributed by atoms with E-state index in [1.54, 1.807) is 31.4 Å². The van der Waals surface area contributed by atoms with Crippen molar-refractivity contribution in [1.82, 2.24) is 4.98 Å². The molecule has 0 spiro atoms. The number of thiazole rings is 1. The average molecular weight is 513 g/mol. The summed E-state index contributed by atoms with van der Waals surface area (Å²) in [5, 5.41) is 11.8. The van der Waals surface area contributed by atoms with E-state index >= 15 is 0 Å². The van der Waals surface area contributed by atoms with Crippen molar-refractivity contribution in [2.75, 3.05) is 12.0 Å². The third kappa shape index (κ3) is 4.29. The van der Waals surface area contributed by atoms with Crippen molar-refractivity contribution in [3.63, 3.8) is 0 Å². The molecule has 4 aromatic rings. The Morgan fingerprint density at radius 3 is 2.32 bits per heavy atom. The van der Waals surface area contributed by atoms with Gasteiger partial charge in [-0.05, 0) is 72.4 Å². The van der Waals surface area contributed by atoms with Crippen molar-refractivity contribution in [3.05, 3.63) is 94.1 Å². The summed E-state index contributed by atoms with van der Waals surface area (Å²) >= 11 is 1.37. The van der Waals surface area contributed by atoms with Crippen molar-refractivity contribution in [3.8, 4) is 5.75 Å². The maximum absolute atomic E-state index is 13.5. The van der Waals surface area contributed by atoms with Gasteiger partial charge in [0.2, 0.25) is 0 Å². The van der Waals surface area contributed by atoms with Gasteiger partial charge in [-0.25, -0.2) is 4.98 Å². The first-order valence-electron chi connectivity index (χ1n) is 12.1. The lowest BCUT2D eigenvalue weighted by molar-refractivity contribution is -0.132. The van der Waals surface area contributed by atoms with Crippen LogP contribution in [-0.2, 0) is 9.59 Å². The minimum atomic E-state index is -0.815. The van der Waals surface area contributed by atoms with Gasteiger partial charge in [-0.2, -0.15) is 0 Å². The quantitative estimate of drug-likeness (QED) is 0.183. The number of aromatic nitrogens is 1. The Morgan fingerprint density at radius 2 is 1.70 bits per heavy atom. The number of nitrogens with zero attached hydrogens (tertiary/aromatic N) is 2. The average Bonchev–Trinajstić information content (AvgIpc) is 3.42. The molecule has 1 aromatic heterocycles. The third-order valence-corrected chi connectivity index (χ3v) is 7.75. The van der Waals surface area contributed by atoms with Crippen LogP contribution in [0.4, 0.5) is 5.13 Å². The fourth-order valence-electron chi connectivity index (χ4n) is 4.77. The molecule has 1 aliphatic rings. The SMILES string of the molecule is COc1ccc(C(O)=C2C(=O)C(=O)N(c3nc4c(C)cc(C)cc4s3)[C@@H]2c2ccc(C(C)C)cc2)cc1. The molecule has 0 bridgehead atoms. The molecular weight excluding hydrogens is 484 g/mol. The van der Waals surface area contributed by atoms with E-state index in [9.17, 15) is 14.7 Å². The number of aryl methyl sites for hydroxylation is 2. The predicted molar refractivity (Wildman–Crippen MR) is 147 cm³/mol. The number of ketones is 1. The highest BCUT2D eigenvalue weighted by molar-refractivity contribution is 7.22. The fraction of sp³-hybridized carbons (Fsp3) is 0.233. The molecule has 7 heteroatoms. The van der Waals surface area contributed by atoms with Crippen LogP contribution in [0.15, 0.2) is 66.2 Å². The minimum Gasteiger partial charge on any atom is -0.507 e. The molecule has 1 N–H and O–H groups in total. The number of anilines is 1. The molecule has 3 aromatic carbocycles. The molecule has 1 atom stereocenters. The normalized spacial score (nSPS) is 17.2. The summed E-state index contributed by atoms with van der Waals surface area (Å²) < 4.78 is 6.16. The van der Waals surface area contributed by atoms with Gasteiger partial charge in [-0.3, -0.25) is 14.5 Å². The van der Waals surface area contributed by atoms with Gasteiger partial charge < -0.3 is 9.84 Å². The lowest BCUT2D eigenvalue weighted by Gasteiger charge is -2.23. The van der Waals surface area contributed by atoms with Gasteiger partial charge in [-0.15, -0.1) is 0 Å². The number of amides is 1. The van der Waals surface area contributed by atoms with Gasteiger partial charge in [0.05, 0.1) is 28.9 Å². The highest BCUT2D eigenvalue weighted by Crippen LogP contribution is 2.45. The fourth-order valence-corrected chi connectivity index (χ4v) is 5.94. The first-order valence-corrected chi connectivity index (χ1v) is 12.9. The highest BCUT2D eigenvalue weighted by Gasteiger charge is 2.48. The number of hydrogen-bond acceptors (Lipinski definition) is 6. The van der Waals surface area contributed by atoms with Crippen molar-refractivity contribution in [2.45, 2.75) is 39.7 Å². The van der Waals surface area contributed by atoms with Gasteiger partial charge in [0, 0.05) is 5.56 Å². The van der Waals surface area contributed by atoms with E-state index in [0.29, 0.717) is 22.4 Å². The van der Waals surface area contributed by atoms with E-state index in [-0.39, 0.29) is 11.3 Å². The zero-order valence-corrected chi connectivity index (χ0v) is 22.2. The van der Waals surface area contributed by atoms with Crippen LogP contribution in [0.1, 0.15) is 53.6 Å². The van der Waals surface area contributed by atoms with E-state index < -0.39 is 17.7 Å². The van der Waals surface area contributed by atoms with Crippen molar-refractivity contribution < 1.29 is 19.4 Å². The summed E-state index contributed by atoms with van der Waals surface area (Å²) in [5.74, 6) is -0.720. The Morgan fingerprint density at radius 1 is 1.03 bits per heavy atom. The number of hydrogen-bond donors (Lipinski definition) is 1. The van der Waals surface area contributed by atoms with Crippen molar-refractivity contribution in [2.24, 2.45) is 0 Å². The monoisotopic (exact) mass is 512 g/mol. The van der Waals surface area contributed by atoms with Crippen LogP contribution in [0.3, 0.4) is 0 Å². The van der Waals surface area contributed by atoms with Crippen LogP contribution in [0.5, 0.6) is 5.75 Å². The first-order chi connectivity index (χ1) is 17.7. The molecule has 1 aliphatic heterocycles. The molecule has 0 aliphatic carbocycles. The molecular formula is C30H28N2O4S. The molecule has 2 heterocycles. The summed E-state index contributed by atoms with van der Waals surface area (Å²) in [5.41, 5.74) is 5.25. The van der Waals surface area contributed by atoms with E-state index in [4.69, 9.17) is 9.72 Å². The maximum atomic E-state index is 13.5. The third-order valence-electron chi connectivity index (χ3n) is 6.75. The van der Waals surface area contributed by atoms with Crippen molar-refractivity contribution >= 4 is 44.1 Å². The summed E-state index contributed by atoms with van der Waals surface area (Å²) in [6, 6.07) is 17.9. The number of carbonyl (C=O) groups is 2. The molecule has 0 saturated carbocycles. The standard InChI is InChI=1S/C30H28N2O4S/c1-16(2)19-6-8-20(9-7-19)26-24(27(33)21-10-12-22(36-5)13-11-21)28(34)29(35)32(26)30-31-25-18(4)14-17(3)15-23(25)37-30/h6-16,26,33H,1-5H3/t26-/m1/s1. The van der Waals surface area contributed by atoms with Gasteiger partial charge in [-0.1, -0.05) is 55.5 Å². The number of carbonyl (C=O) groups excluding carboxylic acids is 2. The van der Waals surface area contributed by atoms with Crippen LogP contribution < -0.4 is 9.64 Å². The number of benzene rings is 3. The summed E-state index contributed by atoms with van der Waals surface area (Å²) in [7, 11) is 1.56. The number of fused-ring (bicyclic) bond motifs is 1. The highest BCUT2D eigenvalue weighted by atomic mass is 32.1. The van der Waals surface area contributed by atoms with Crippen LogP contribution in [0.25, 0.3) is 16.0 Å². The topological polar surface area (TPSA) is 79.7 Å². The largest absolute Gasteiger partial charge is 0.507 e. The number of ether oxygens (including phenoxy) is 1. The second-order valence-electron chi connectivity index (χ2n) is 9.64. The molecule has 188 valence electrons. The van der Waals surface area contributed by atoms with Gasteiger partial charge in [0.25, 0.3) is 5.78 Å². The number of aliphatic hydroxyl groups is 1.